The number of carbonyl (C=O) groups excluding carboxylic acids is 2. The summed E-state index contributed by atoms with van der Waals surface area (Å²) in [6, 6.07) is 10.6. The predicted octanol–water partition coefficient (Wildman–Crippen LogP) is 3.79. The van der Waals surface area contributed by atoms with Gasteiger partial charge in [-0.15, -0.1) is 0 Å². The normalized spacial score (nSPS) is 11.0. The SMILES string of the molecule is CCOC(=O)/C(=C\Nc1cccc(C)c1)C(=O)c1cccnc1Cl. The van der Waals surface area contributed by atoms with Gasteiger partial charge in [0.25, 0.3) is 0 Å². The lowest BCUT2D eigenvalue weighted by molar-refractivity contribution is -0.138. The van der Waals surface area contributed by atoms with Crippen LogP contribution in [-0.4, -0.2) is 23.3 Å². The molecule has 0 amide bonds. The minimum absolute atomic E-state index is 0.0354. The third-order valence-electron chi connectivity index (χ3n) is 3.14. The van der Waals surface area contributed by atoms with E-state index in [1.54, 1.807) is 13.0 Å². The second-order valence-electron chi connectivity index (χ2n) is 4.96. The molecule has 6 heteroatoms. The fraction of sp³-hybridized carbons (Fsp3) is 0.167. The largest absolute Gasteiger partial charge is 0.462 e. The van der Waals surface area contributed by atoms with Crippen molar-refractivity contribution in [2.45, 2.75) is 13.8 Å². The van der Waals surface area contributed by atoms with Gasteiger partial charge in [-0.05, 0) is 43.7 Å². The molecule has 5 nitrogen and oxygen atoms in total. The molecule has 0 atom stereocenters. The first-order valence-corrected chi connectivity index (χ1v) is 7.76. The van der Waals surface area contributed by atoms with Gasteiger partial charge in [0, 0.05) is 18.1 Å². The number of hydrogen-bond donors (Lipinski definition) is 1. The molecule has 0 fully saturated rings. The molecule has 0 spiro atoms. The van der Waals surface area contributed by atoms with E-state index >= 15 is 0 Å². The van der Waals surface area contributed by atoms with Crippen molar-refractivity contribution in [1.82, 2.24) is 4.98 Å². The standard InChI is InChI=1S/C18H17ClN2O3/c1-3-24-18(23)15(11-21-13-7-4-6-12(2)10-13)16(22)14-8-5-9-20-17(14)19/h4-11,21H,3H2,1-2H3/b15-11-. The van der Waals surface area contributed by atoms with Gasteiger partial charge in [0.1, 0.15) is 10.7 Å². The molecule has 2 rings (SSSR count). The van der Waals surface area contributed by atoms with E-state index < -0.39 is 11.8 Å². The molecule has 1 heterocycles. The van der Waals surface area contributed by atoms with E-state index in [0.717, 1.165) is 11.3 Å². The molecule has 0 saturated heterocycles. The van der Waals surface area contributed by atoms with E-state index in [1.165, 1.54) is 18.5 Å². The summed E-state index contributed by atoms with van der Waals surface area (Å²) in [5.74, 6) is -1.27. The molecule has 1 aromatic carbocycles. The molecule has 0 aliphatic heterocycles. The number of ether oxygens (including phenoxy) is 1. The first kappa shape index (κ1) is 17.7. The number of nitrogens with one attached hydrogen (secondary N) is 1. The summed E-state index contributed by atoms with van der Waals surface area (Å²) in [6.07, 6.45) is 2.80. The second-order valence-corrected chi connectivity index (χ2v) is 5.32. The van der Waals surface area contributed by atoms with Gasteiger partial charge in [-0.25, -0.2) is 9.78 Å². The van der Waals surface area contributed by atoms with Crippen molar-refractivity contribution in [2.75, 3.05) is 11.9 Å². The maximum absolute atomic E-state index is 12.6. The van der Waals surface area contributed by atoms with Crippen LogP contribution in [0.15, 0.2) is 54.4 Å². The van der Waals surface area contributed by atoms with E-state index in [2.05, 4.69) is 10.3 Å². The van der Waals surface area contributed by atoms with Crippen LogP contribution in [0.2, 0.25) is 5.15 Å². The second kappa shape index (κ2) is 8.26. The highest BCUT2D eigenvalue weighted by atomic mass is 35.5. The van der Waals surface area contributed by atoms with E-state index in [9.17, 15) is 9.59 Å². The number of aryl methyl sites for hydroxylation is 1. The number of halogens is 1. The Balaban J connectivity index is 2.34. The number of pyridine rings is 1. The van der Waals surface area contributed by atoms with Crippen LogP contribution in [0, 0.1) is 6.92 Å². The molecule has 0 bridgehead atoms. The summed E-state index contributed by atoms with van der Waals surface area (Å²) in [4.78, 5) is 28.6. The molecule has 0 radical (unpaired) electrons. The molecule has 24 heavy (non-hydrogen) atoms. The number of esters is 1. The Bertz CT molecular complexity index is 787. The lowest BCUT2D eigenvalue weighted by Crippen LogP contribution is -2.18. The van der Waals surface area contributed by atoms with Crippen molar-refractivity contribution in [1.29, 1.82) is 0 Å². The van der Waals surface area contributed by atoms with Gasteiger partial charge in [-0.1, -0.05) is 23.7 Å². The molecule has 0 saturated carbocycles. The summed E-state index contributed by atoms with van der Waals surface area (Å²) in [5.41, 5.74) is 1.80. The average molecular weight is 345 g/mol. The van der Waals surface area contributed by atoms with Crippen LogP contribution in [0.25, 0.3) is 0 Å². The third-order valence-corrected chi connectivity index (χ3v) is 3.45. The number of anilines is 1. The van der Waals surface area contributed by atoms with Gasteiger partial charge < -0.3 is 10.1 Å². The summed E-state index contributed by atoms with van der Waals surface area (Å²) >= 11 is 5.95. The number of nitrogens with zero attached hydrogens (tertiary/aromatic N) is 1. The minimum atomic E-state index is -0.720. The van der Waals surface area contributed by atoms with Crippen LogP contribution in [0.5, 0.6) is 0 Å². The minimum Gasteiger partial charge on any atom is -0.462 e. The summed E-state index contributed by atoms with van der Waals surface area (Å²) in [6.45, 7) is 3.78. The Morgan fingerprint density at radius 1 is 1.29 bits per heavy atom. The van der Waals surface area contributed by atoms with Crippen molar-refractivity contribution in [3.63, 3.8) is 0 Å². The molecule has 0 unspecified atom stereocenters. The van der Waals surface area contributed by atoms with Crippen LogP contribution >= 0.6 is 11.6 Å². The van der Waals surface area contributed by atoms with Crippen molar-refractivity contribution in [3.05, 3.63) is 70.6 Å². The van der Waals surface area contributed by atoms with Gasteiger partial charge in [0.2, 0.25) is 5.78 Å². The number of rotatable bonds is 6. The van der Waals surface area contributed by atoms with Crippen LogP contribution < -0.4 is 5.32 Å². The van der Waals surface area contributed by atoms with Gasteiger partial charge >= 0.3 is 5.97 Å². The Morgan fingerprint density at radius 2 is 2.08 bits per heavy atom. The van der Waals surface area contributed by atoms with E-state index in [0.29, 0.717) is 0 Å². The molecule has 1 N–H and O–H groups in total. The number of benzene rings is 1. The molecular weight excluding hydrogens is 328 g/mol. The highest BCUT2D eigenvalue weighted by Crippen LogP contribution is 2.18. The average Bonchev–Trinajstić information content (AvgIpc) is 2.55. The van der Waals surface area contributed by atoms with Crippen molar-refractivity contribution >= 4 is 29.0 Å². The van der Waals surface area contributed by atoms with Crippen molar-refractivity contribution < 1.29 is 14.3 Å². The highest BCUT2D eigenvalue weighted by molar-refractivity contribution is 6.36. The van der Waals surface area contributed by atoms with Crippen molar-refractivity contribution in [2.24, 2.45) is 0 Å². The summed E-state index contributed by atoms with van der Waals surface area (Å²) < 4.78 is 4.97. The summed E-state index contributed by atoms with van der Waals surface area (Å²) in [5, 5.41) is 2.98. The molecule has 2 aromatic rings. The molecule has 0 aliphatic rings. The lowest BCUT2D eigenvalue weighted by atomic mass is 10.1. The fourth-order valence-corrected chi connectivity index (χ4v) is 2.22. The highest BCUT2D eigenvalue weighted by Gasteiger charge is 2.23. The van der Waals surface area contributed by atoms with Gasteiger partial charge in [0.05, 0.1) is 12.2 Å². The Hall–Kier alpha value is -2.66. The number of aromatic nitrogens is 1. The maximum Gasteiger partial charge on any atom is 0.343 e. The van der Waals surface area contributed by atoms with E-state index in [4.69, 9.17) is 16.3 Å². The third kappa shape index (κ3) is 4.43. The Labute approximate surface area is 145 Å². The summed E-state index contributed by atoms with van der Waals surface area (Å²) in [7, 11) is 0. The number of hydrogen-bond acceptors (Lipinski definition) is 5. The lowest BCUT2D eigenvalue weighted by Gasteiger charge is -2.09. The molecule has 0 aliphatic carbocycles. The molecular formula is C18H17ClN2O3. The quantitative estimate of drug-likeness (QED) is 0.216. The van der Waals surface area contributed by atoms with E-state index in [-0.39, 0.29) is 22.9 Å². The zero-order chi connectivity index (χ0) is 17.5. The Morgan fingerprint density at radius 3 is 2.75 bits per heavy atom. The molecule has 1 aromatic heterocycles. The Kier molecular flexibility index (Phi) is 6.09. The van der Waals surface area contributed by atoms with Crippen LogP contribution in [-0.2, 0) is 9.53 Å². The van der Waals surface area contributed by atoms with Crippen LogP contribution in [0.3, 0.4) is 0 Å². The van der Waals surface area contributed by atoms with E-state index in [1.807, 2.05) is 31.2 Å². The topological polar surface area (TPSA) is 68.3 Å². The zero-order valence-electron chi connectivity index (χ0n) is 13.4. The number of ketones is 1. The van der Waals surface area contributed by atoms with Gasteiger partial charge in [-0.2, -0.15) is 0 Å². The monoisotopic (exact) mass is 344 g/mol. The number of carbonyl (C=O) groups is 2. The smallest absolute Gasteiger partial charge is 0.343 e. The first-order chi connectivity index (χ1) is 11.5. The first-order valence-electron chi connectivity index (χ1n) is 7.38. The number of Topliss-reactive ketones (excluding diaryl/α,β-unsaturated/α-hetero) is 1. The predicted molar refractivity (Wildman–Crippen MR) is 93.1 cm³/mol. The van der Waals surface area contributed by atoms with Crippen molar-refractivity contribution in [3.8, 4) is 0 Å². The van der Waals surface area contributed by atoms with Gasteiger partial charge in [0.15, 0.2) is 0 Å². The zero-order valence-corrected chi connectivity index (χ0v) is 14.1. The fourth-order valence-electron chi connectivity index (χ4n) is 2.02. The van der Waals surface area contributed by atoms with Gasteiger partial charge in [-0.3, -0.25) is 4.79 Å². The maximum atomic E-state index is 12.6. The van der Waals surface area contributed by atoms with Crippen LogP contribution in [0.4, 0.5) is 5.69 Å². The van der Waals surface area contributed by atoms with Crippen LogP contribution in [0.1, 0.15) is 22.8 Å². The molecule has 124 valence electrons.